The van der Waals surface area contributed by atoms with Gasteiger partial charge in [0, 0.05) is 0 Å². The van der Waals surface area contributed by atoms with Crippen molar-refractivity contribution in [1.29, 1.82) is 0 Å². The fraction of sp³-hybridized carbons (Fsp3) is 0.529. The van der Waals surface area contributed by atoms with E-state index < -0.39 is 14.8 Å². The summed E-state index contributed by atoms with van der Waals surface area (Å²) in [6, 6.07) is 0. The van der Waals surface area contributed by atoms with Gasteiger partial charge >= 0.3 is 115 Å². The number of allylic oxidation sites excluding steroid dienone is 8. The Morgan fingerprint density at radius 2 is 1.72 bits per heavy atom. The van der Waals surface area contributed by atoms with Crippen LogP contribution < -0.4 is 0 Å². The van der Waals surface area contributed by atoms with Crippen LogP contribution >= 0.6 is 0 Å². The molecular formula is C17H24Zn. The molecule has 1 heterocycles. The van der Waals surface area contributed by atoms with E-state index in [-0.39, 0.29) is 0 Å². The summed E-state index contributed by atoms with van der Waals surface area (Å²) >= 11 is -2.18. The summed E-state index contributed by atoms with van der Waals surface area (Å²) in [7, 11) is 0. The molecule has 0 nitrogen and oxygen atoms in total. The molecule has 0 atom stereocenters. The van der Waals surface area contributed by atoms with Crippen LogP contribution in [0.2, 0.25) is 10.0 Å². The monoisotopic (exact) mass is 292 g/mol. The molecule has 0 amide bonds. The first-order valence-corrected chi connectivity index (χ1v) is 14.8. The van der Waals surface area contributed by atoms with Crippen molar-refractivity contribution in [3.8, 4) is 0 Å². The zero-order valence-electron chi connectivity index (χ0n) is 12.6. The molecular weight excluding hydrogens is 270 g/mol. The van der Waals surface area contributed by atoms with Gasteiger partial charge in [-0.3, -0.25) is 0 Å². The van der Waals surface area contributed by atoms with Crippen molar-refractivity contribution in [2.75, 3.05) is 0 Å². The SMILES string of the molecule is CC1=C(C)C(C)(C)[C]([Zn]2([C]3=CC=CC3)[CH2][CH2]2)=C1C. The van der Waals surface area contributed by atoms with Gasteiger partial charge in [0.25, 0.3) is 0 Å². The predicted molar refractivity (Wildman–Crippen MR) is 76.3 cm³/mol. The molecule has 0 N–H and O–H groups in total. The second-order valence-electron chi connectivity index (χ2n) is 7.67. The molecule has 94 valence electrons. The summed E-state index contributed by atoms with van der Waals surface area (Å²) in [5.74, 6) is 0. The van der Waals surface area contributed by atoms with Gasteiger partial charge in [0.15, 0.2) is 0 Å². The van der Waals surface area contributed by atoms with Gasteiger partial charge in [-0.15, -0.1) is 0 Å². The van der Waals surface area contributed by atoms with Crippen molar-refractivity contribution in [2.45, 2.75) is 51.1 Å². The first-order chi connectivity index (χ1) is 8.41. The Hall–Kier alpha value is -0.417. The van der Waals surface area contributed by atoms with E-state index in [1.54, 1.807) is 26.7 Å². The minimum atomic E-state index is -2.18. The van der Waals surface area contributed by atoms with Crippen LogP contribution in [0.4, 0.5) is 0 Å². The fourth-order valence-corrected chi connectivity index (χ4v) is 25.7. The van der Waals surface area contributed by atoms with Gasteiger partial charge in [-0.1, -0.05) is 0 Å². The first kappa shape index (κ1) is 12.6. The molecule has 0 aromatic heterocycles. The molecule has 0 radical (unpaired) electrons. The molecule has 0 unspecified atom stereocenters. The molecule has 3 aliphatic rings. The van der Waals surface area contributed by atoms with Gasteiger partial charge in [0.05, 0.1) is 0 Å². The number of hydrogen-bond donors (Lipinski definition) is 0. The zero-order chi connectivity index (χ0) is 13.1. The van der Waals surface area contributed by atoms with Gasteiger partial charge in [-0.25, -0.2) is 0 Å². The van der Waals surface area contributed by atoms with Crippen molar-refractivity contribution in [3.05, 3.63) is 43.3 Å². The van der Waals surface area contributed by atoms with Crippen LogP contribution in [0.1, 0.15) is 41.0 Å². The Morgan fingerprint density at radius 1 is 1.06 bits per heavy atom. The van der Waals surface area contributed by atoms with Crippen molar-refractivity contribution < 1.29 is 14.8 Å². The summed E-state index contributed by atoms with van der Waals surface area (Å²) in [4.78, 5) is 0. The summed E-state index contributed by atoms with van der Waals surface area (Å²) in [6.45, 7) is 12.0. The second kappa shape index (κ2) is 3.79. The van der Waals surface area contributed by atoms with Crippen LogP contribution in [-0.4, -0.2) is 0 Å². The summed E-state index contributed by atoms with van der Waals surface area (Å²) in [5.41, 5.74) is 5.25. The van der Waals surface area contributed by atoms with Crippen LogP contribution in [0.25, 0.3) is 0 Å². The normalized spacial score (nSPS) is 26.4. The van der Waals surface area contributed by atoms with Crippen molar-refractivity contribution in [2.24, 2.45) is 5.41 Å². The van der Waals surface area contributed by atoms with Crippen molar-refractivity contribution in [3.63, 3.8) is 0 Å². The van der Waals surface area contributed by atoms with E-state index in [2.05, 4.69) is 52.8 Å². The molecule has 0 saturated carbocycles. The standard InChI is InChI=1S/C10H15.C5H5.C2H4.Zn/c1-7-6-10(4,5)9(3)8(7)2;1-2-4-5-3-1;1-2;/h1-5H3;1-3H,4H2;1-2H2;. The van der Waals surface area contributed by atoms with Gasteiger partial charge in [0.2, 0.25) is 0 Å². The Morgan fingerprint density at radius 3 is 2.11 bits per heavy atom. The number of rotatable bonds is 2. The van der Waals surface area contributed by atoms with E-state index in [0.29, 0.717) is 5.41 Å². The predicted octanol–water partition coefficient (Wildman–Crippen LogP) is 5.48. The van der Waals surface area contributed by atoms with E-state index in [0.717, 1.165) is 0 Å². The summed E-state index contributed by atoms with van der Waals surface area (Å²) < 4.78 is 3.82. The van der Waals surface area contributed by atoms with Gasteiger partial charge in [-0.2, -0.15) is 0 Å². The third-order valence-electron chi connectivity index (χ3n) is 6.72. The molecule has 1 heteroatoms. The average molecular weight is 294 g/mol. The third kappa shape index (κ3) is 1.46. The molecule has 0 aromatic carbocycles. The summed E-state index contributed by atoms with van der Waals surface area (Å²) in [5, 5.41) is 3.15. The van der Waals surface area contributed by atoms with Crippen molar-refractivity contribution >= 4 is 0 Å². The van der Waals surface area contributed by atoms with E-state index in [1.807, 2.05) is 8.33 Å². The first-order valence-electron chi connectivity index (χ1n) is 7.67. The maximum absolute atomic E-state index is 2.47. The minimum absolute atomic E-state index is 0.355. The van der Waals surface area contributed by atoms with Gasteiger partial charge in [-0.05, 0) is 0 Å². The molecule has 0 spiro atoms. The van der Waals surface area contributed by atoms with E-state index >= 15 is 0 Å². The van der Waals surface area contributed by atoms with Crippen LogP contribution in [0.3, 0.4) is 0 Å². The van der Waals surface area contributed by atoms with E-state index in [9.17, 15) is 0 Å². The quantitative estimate of drug-likeness (QED) is 0.591. The van der Waals surface area contributed by atoms with Crippen molar-refractivity contribution in [1.82, 2.24) is 0 Å². The molecule has 18 heavy (non-hydrogen) atoms. The van der Waals surface area contributed by atoms with Gasteiger partial charge < -0.3 is 0 Å². The van der Waals surface area contributed by atoms with Crippen LogP contribution in [-0.2, 0) is 14.8 Å². The Kier molecular flexibility index (Phi) is 2.66. The van der Waals surface area contributed by atoms with Crippen LogP contribution in [0.5, 0.6) is 0 Å². The fourth-order valence-electron chi connectivity index (χ4n) is 5.30. The molecule has 1 fully saturated rings. The van der Waals surface area contributed by atoms with E-state index in [4.69, 9.17) is 0 Å². The number of hydrogen-bond acceptors (Lipinski definition) is 0. The zero-order valence-corrected chi connectivity index (χ0v) is 15.5. The molecule has 0 aromatic rings. The molecule has 0 bridgehead atoms. The van der Waals surface area contributed by atoms with E-state index in [1.165, 1.54) is 6.42 Å². The topological polar surface area (TPSA) is 0 Å². The average Bonchev–Trinajstić information content (AvgIpc) is 2.87. The maximum atomic E-state index is 2.47. The third-order valence-corrected chi connectivity index (χ3v) is 21.7. The molecule has 1 aliphatic heterocycles. The Bertz CT molecular complexity index is 534. The molecule has 2 aliphatic carbocycles. The molecule has 3 rings (SSSR count). The van der Waals surface area contributed by atoms with Gasteiger partial charge in [0.1, 0.15) is 0 Å². The Balaban J connectivity index is 2.09. The Labute approximate surface area is 114 Å². The van der Waals surface area contributed by atoms with Crippen LogP contribution in [0, 0.1) is 5.41 Å². The van der Waals surface area contributed by atoms with Crippen LogP contribution in [0.15, 0.2) is 43.3 Å². The second-order valence-corrected chi connectivity index (χ2v) is 20.5. The molecule has 1 saturated heterocycles. The summed E-state index contributed by atoms with van der Waals surface area (Å²) in [6.07, 6.45) is 8.39.